The zero-order valence-electron chi connectivity index (χ0n) is 9.53. The van der Waals surface area contributed by atoms with Crippen LogP contribution in [-0.4, -0.2) is 11.5 Å². The second-order valence-corrected chi connectivity index (χ2v) is 3.56. The third-order valence-electron chi connectivity index (χ3n) is 2.40. The Kier molecular flexibility index (Phi) is 5.93. The number of hydrogen-bond acceptors (Lipinski definition) is 1. The summed E-state index contributed by atoms with van der Waals surface area (Å²) in [5.74, 6) is 0. The fourth-order valence-corrected chi connectivity index (χ4v) is 1.56. The van der Waals surface area contributed by atoms with E-state index in [1.165, 1.54) is 6.42 Å². The van der Waals surface area contributed by atoms with Gasteiger partial charge in [0, 0.05) is 39.3 Å². The molecule has 0 spiro atoms. The van der Waals surface area contributed by atoms with Crippen LogP contribution in [0.4, 0.5) is 0 Å². The maximum absolute atomic E-state index is 4.55. The number of pyridine rings is 1. The molecule has 1 radical (unpaired) electrons. The van der Waals surface area contributed by atoms with E-state index in [1.807, 2.05) is 18.3 Å². The number of aromatic amines is 1. The summed E-state index contributed by atoms with van der Waals surface area (Å²) in [6.07, 6.45) is 4.15. The molecular formula is C13H15N2Y-. The summed E-state index contributed by atoms with van der Waals surface area (Å²) < 4.78 is 0. The fourth-order valence-electron chi connectivity index (χ4n) is 1.56. The van der Waals surface area contributed by atoms with E-state index >= 15 is 0 Å². The maximum atomic E-state index is 4.55. The summed E-state index contributed by atoms with van der Waals surface area (Å²) in [5.41, 5.74) is 1.12. The molecule has 2 rings (SSSR count). The first-order chi connectivity index (χ1) is 7.42. The Morgan fingerprint density at radius 2 is 2.12 bits per heavy atom. The molecular weight excluding hydrogens is 273 g/mol. The van der Waals surface area contributed by atoms with Crippen molar-refractivity contribution in [1.29, 1.82) is 0 Å². The van der Waals surface area contributed by atoms with E-state index in [0.717, 1.165) is 29.2 Å². The van der Waals surface area contributed by atoms with Gasteiger partial charge in [0.05, 0.1) is 0 Å². The molecule has 0 unspecified atom stereocenters. The summed E-state index contributed by atoms with van der Waals surface area (Å²) in [6, 6.07) is 11.3. The molecule has 1 N–H and O–H groups in total. The largest absolute Gasteiger partial charge is 0.395 e. The van der Waals surface area contributed by atoms with Crippen molar-refractivity contribution in [2.75, 3.05) is 6.54 Å². The van der Waals surface area contributed by atoms with Crippen LogP contribution < -0.4 is 5.36 Å². The first kappa shape index (κ1) is 13.6. The molecule has 0 aliphatic rings. The van der Waals surface area contributed by atoms with E-state index < -0.39 is 0 Å². The smallest absolute Gasteiger partial charge is 0.0359 e. The predicted molar refractivity (Wildman–Crippen MR) is 62.5 cm³/mol. The summed E-state index contributed by atoms with van der Waals surface area (Å²) in [6.45, 7) is 3.07. The van der Waals surface area contributed by atoms with Gasteiger partial charge in [-0.3, -0.25) is 0 Å². The second kappa shape index (κ2) is 6.98. The Morgan fingerprint density at radius 1 is 1.31 bits per heavy atom. The number of fused-ring (bicyclic) bond motifs is 1. The Bertz CT molecular complexity index is 497. The van der Waals surface area contributed by atoms with Crippen LogP contribution in [0.15, 0.2) is 35.5 Å². The van der Waals surface area contributed by atoms with Gasteiger partial charge >= 0.3 is 0 Å². The van der Waals surface area contributed by atoms with Crippen LogP contribution in [0, 0.1) is 6.07 Å². The molecule has 3 heteroatoms. The molecule has 0 aliphatic carbocycles. The van der Waals surface area contributed by atoms with E-state index in [-0.39, 0.29) is 32.7 Å². The molecule has 1 aromatic carbocycles. The maximum Gasteiger partial charge on any atom is 0.0359 e. The molecule has 0 atom stereocenters. The topological polar surface area (TPSA) is 28.1 Å². The number of nitrogens with one attached hydrogen (secondary N) is 1. The van der Waals surface area contributed by atoms with Gasteiger partial charge in [0.15, 0.2) is 0 Å². The molecule has 0 amide bonds. The molecule has 0 saturated heterocycles. The molecule has 16 heavy (non-hydrogen) atoms. The summed E-state index contributed by atoms with van der Waals surface area (Å²) in [5, 5.41) is 2.12. The standard InChI is InChI=1S/C13H15N2.Y/c1-2-3-9-14-13-8-10-15-12-7-5-4-6-11(12)13;/h4-7,10H,2-3,9H2,1H3,(H,14,15);/q-1;. The van der Waals surface area contributed by atoms with Gasteiger partial charge in [0.25, 0.3) is 0 Å². The Labute approximate surface area is 121 Å². The van der Waals surface area contributed by atoms with Gasteiger partial charge in [-0.1, -0.05) is 37.7 Å². The SMILES string of the molecule is CCCCN=c1[c-]c[nH]c2ccccc12.[Y]. The van der Waals surface area contributed by atoms with E-state index in [1.54, 1.807) is 0 Å². The summed E-state index contributed by atoms with van der Waals surface area (Å²) >= 11 is 0. The zero-order valence-corrected chi connectivity index (χ0v) is 12.4. The second-order valence-electron chi connectivity index (χ2n) is 3.56. The van der Waals surface area contributed by atoms with Crippen LogP contribution in [-0.2, 0) is 32.7 Å². The van der Waals surface area contributed by atoms with Crippen molar-refractivity contribution in [3.8, 4) is 0 Å². The molecule has 0 bridgehead atoms. The third-order valence-corrected chi connectivity index (χ3v) is 2.40. The predicted octanol–water partition coefficient (Wildman–Crippen LogP) is 2.67. The number of benzene rings is 1. The number of hydrogen-bond donors (Lipinski definition) is 1. The zero-order chi connectivity index (χ0) is 10.5. The quantitative estimate of drug-likeness (QED) is 0.664. The van der Waals surface area contributed by atoms with E-state index in [0.29, 0.717) is 0 Å². The van der Waals surface area contributed by atoms with Crippen LogP contribution in [0.25, 0.3) is 10.9 Å². The van der Waals surface area contributed by atoms with E-state index in [4.69, 9.17) is 0 Å². The number of rotatable bonds is 3. The average Bonchev–Trinajstić information content (AvgIpc) is 2.30. The number of nitrogens with zero attached hydrogens (tertiary/aromatic N) is 1. The third kappa shape index (κ3) is 3.26. The van der Waals surface area contributed by atoms with Gasteiger partial charge in [0.2, 0.25) is 0 Å². The Hall–Kier alpha value is -0.466. The number of H-pyrrole nitrogens is 1. The summed E-state index contributed by atoms with van der Waals surface area (Å²) in [4.78, 5) is 7.71. The molecule has 0 saturated carbocycles. The van der Waals surface area contributed by atoms with Crippen molar-refractivity contribution in [3.05, 3.63) is 41.9 Å². The van der Waals surface area contributed by atoms with Crippen LogP contribution in [0.5, 0.6) is 0 Å². The monoisotopic (exact) mass is 288 g/mol. The molecule has 81 valence electrons. The number of aromatic nitrogens is 1. The van der Waals surface area contributed by atoms with Crippen LogP contribution in [0.3, 0.4) is 0 Å². The normalized spacial score (nSPS) is 11.4. The van der Waals surface area contributed by atoms with Crippen LogP contribution in [0.1, 0.15) is 19.8 Å². The first-order valence-electron chi connectivity index (χ1n) is 5.40. The summed E-state index contributed by atoms with van der Waals surface area (Å²) in [7, 11) is 0. The molecule has 2 nitrogen and oxygen atoms in total. The Balaban J connectivity index is 0.00000128. The minimum absolute atomic E-state index is 0. The van der Waals surface area contributed by atoms with E-state index in [9.17, 15) is 0 Å². The van der Waals surface area contributed by atoms with Crippen molar-refractivity contribution in [2.45, 2.75) is 19.8 Å². The van der Waals surface area contributed by atoms with E-state index in [2.05, 4.69) is 35.1 Å². The van der Waals surface area contributed by atoms with Crippen molar-refractivity contribution >= 4 is 10.9 Å². The molecule has 1 heterocycles. The molecule has 1 aromatic heterocycles. The van der Waals surface area contributed by atoms with Gasteiger partial charge in [0.1, 0.15) is 0 Å². The van der Waals surface area contributed by atoms with Crippen molar-refractivity contribution < 1.29 is 32.7 Å². The molecule has 0 fully saturated rings. The van der Waals surface area contributed by atoms with Crippen LogP contribution in [0.2, 0.25) is 0 Å². The minimum Gasteiger partial charge on any atom is -0.395 e. The Morgan fingerprint density at radius 3 is 2.94 bits per heavy atom. The van der Waals surface area contributed by atoms with Gasteiger partial charge in [-0.2, -0.15) is 0 Å². The molecule has 2 aromatic rings. The van der Waals surface area contributed by atoms with Crippen molar-refractivity contribution in [1.82, 2.24) is 4.98 Å². The average molecular weight is 288 g/mol. The molecule has 0 aliphatic heterocycles. The van der Waals surface area contributed by atoms with Crippen molar-refractivity contribution in [3.63, 3.8) is 0 Å². The van der Waals surface area contributed by atoms with Gasteiger partial charge < -0.3 is 9.98 Å². The fraction of sp³-hybridized carbons (Fsp3) is 0.308. The minimum atomic E-state index is 0. The number of unbranched alkanes of at least 4 members (excludes halogenated alkanes) is 1. The number of para-hydroxylation sites is 1. The van der Waals surface area contributed by atoms with Gasteiger partial charge in [-0.25, -0.2) is 6.07 Å². The van der Waals surface area contributed by atoms with Gasteiger partial charge in [-0.15, -0.1) is 16.8 Å². The van der Waals surface area contributed by atoms with Crippen LogP contribution >= 0.6 is 0 Å². The van der Waals surface area contributed by atoms with Crippen molar-refractivity contribution in [2.24, 2.45) is 4.99 Å². The first-order valence-corrected chi connectivity index (χ1v) is 5.40. The van der Waals surface area contributed by atoms with Gasteiger partial charge in [-0.05, 0) is 11.9 Å².